The van der Waals surface area contributed by atoms with Crippen molar-refractivity contribution in [2.75, 3.05) is 32.8 Å². The molecule has 1 aliphatic rings. The van der Waals surface area contributed by atoms with E-state index in [0.717, 1.165) is 38.5 Å². The van der Waals surface area contributed by atoms with Crippen molar-refractivity contribution in [2.45, 2.75) is 20.3 Å². The van der Waals surface area contributed by atoms with E-state index in [-0.39, 0.29) is 12.4 Å². The van der Waals surface area contributed by atoms with Crippen LogP contribution in [0.25, 0.3) is 0 Å². The molecule has 108 valence electrons. The summed E-state index contributed by atoms with van der Waals surface area (Å²) in [5, 5.41) is 0. The van der Waals surface area contributed by atoms with Crippen molar-refractivity contribution in [3.63, 3.8) is 0 Å². The van der Waals surface area contributed by atoms with Crippen LogP contribution in [0.2, 0.25) is 0 Å². The Labute approximate surface area is 122 Å². The van der Waals surface area contributed by atoms with Crippen LogP contribution in [0, 0.1) is 12.3 Å². The van der Waals surface area contributed by atoms with Crippen molar-refractivity contribution in [1.82, 2.24) is 4.90 Å². The predicted octanol–water partition coefficient (Wildman–Crippen LogP) is 2.47. The van der Waals surface area contributed by atoms with E-state index in [4.69, 9.17) is 10.5 Å². The summed E-state index contributed by atoms with van der Waals surface area (Å²) in [5.74, 6) is 0.968. The Morgan fingerprint density at radius 1 is 1.42 bits per heavy atom. The molecule has 0 aliphatic carbocycles. The monoisotopic (exact) mass is 284 g/mol. The van der Waals surface area contributed by atoms with Gasteiger partial charge in [-0.3, -0.25) is 4.90 Å². The number of benzene rings is 1. The molecule has 0 spiro atoms. The van der Waals surface area contributed by atoms with E-state index in [1.165, 1.54) is 12.0 Å². The van der Waals surface area contributed by atoms with Gasteiger partial charge in [-0.2, -0.15) is 0 Å². The summed E-state index contributed by atoms with van der Waals surface area (Å²) in [6.45, 7) is 9.12. The van der Waals surface area contributed by atoms with Crippen LogP contribution >= 0.6 is 12.4 Å². The van der Waals surface area contributed by atoms with Crippen molar-refractivity contribution in [3.05, 3.63) is 29.8 Å². The summed E-state index contributed by atoms with van der Waals surface area (Å²) in [4.78, 5) is 2.45. The topological polar surface area (TPSA) is 38.5 Å². The molecule has 1 fully saturated rings. The second kappa shape index (κ2) is 7.13. The molecule has 1 atom stereocenters. The molecular weight excluding hydrogens is 260 g/mol. The van der Waals surface area contributed by atoms with Gasteiger partial charge in [-0.15, -0.1) is 12.4 Å². The fourth-order valence-electron chi connectivity index (χ4n) is 2.48. The van der Waals surface area contributed by atoms with Crippen molar-refractivity contribution in [1.29, 1.82) is 0 Å². The van der Waals surface area contributed by atoms with E-state index in [2.05, 4.69) is 30.9 Å². The van der Waals surface area contributed by atoms with Crippen molar-refractivity contribution >= 4 is 12.4 Å². The Morgan fingerprint density at radius 2 is 2.21 bits per heavy atom. The molecule has 19 heavy (non-hydrogen) atoms. The quantitative estimate of drug-likeness (QED) is 0.903. The number of nitrogens with zero attached hydrogens (tertiary/aromatic N) is 1. The van der Waals surface area contributed by atoms with Gasteiger partial charge < -0.3 is 10.5 Å². The van der Waals surface area contributed by atoms with Crippen molar-refractivity contribution in [3.8, 4) is 5.75 Å². The van der Waals surface area contributed by atoms with Crippen molar-refractivity contribution in [2.24, 2.45) is 11.1 Å². The minimum atomic E-state index is 0. The number of hydrogen-bond acceptors (Lipinski definition) is 3. The van der Waals surface area contributed by atoms with Gasteiger partial charge in [0.25, 0.3) is 0 Å². The summed E-state index contributed by atoms with van der Waals surface area (Å²) in [5.41, 5.74) is 7.36. The Hall–Kier alpha value is -0.770. The molecule has 1 aromatic rings. The molecule has 4 heteroatoms. The van der Waals surface area contributed by atoms with E-state index >= 15 is 0 Å². The molecule has 2 N–H and O–H groups in total. The summed E-state index contributed by atoms with van der Waals surface area (Å²) in [7, 11) is 0. The van der Waals surface area contributed by atoms with Gasteiger partial charge in [0.1, 0.15) is 12.4 Å². The molecule has 1 saturated heterocycles. The lowest BCUT2D eigenvalue weighted by Gasteiger charge is -2.22. The van der Waals surface area contributed by atoms with E-state index in [1.54, 1.807) is 0 Å². The van der Waals surface area contributed by atoms with Crippen LogP contribution in [0.4, 0.5) is 0 Å². The zero-order valence-electron chi connectivity index (χ0n) is 11.9. The first-order valence-corrected chi connectivity index (χ1v) is 6.73. The summed E-state index contributed by atoms with van der Waals surface area (Å²) < 4.78 is 5.78. The lowest BCUT2D eigenvalue weighted by atomic mass is 9.90. The number of ether oxygens (including phenoxy) is 1. The van der Waals surface area contributed by atoms with Gasteiger partial charge in [-0.1, -0.05) is 19.1 Å². The molecule has 0 bridgehead atoms. The lowest BCUT2D eigenvalue weighted by Crippen LogP contribution is -2.33. The van der Waals surface area contributed by atoms with Crippen LogP contribution in [0.15, 0.2) is 24.3 Å². The molecule has 1 aliphatic heterocycles. The molecule has 3 nitrogen and oxygen atoms in total. The maximum Gasteiger partial charge on any atom is 0.119 e. The fourth-order valence-corrected chi connectivity index (χ4v) is 2.48. The third kappa shape index (κ3) is 4.68. The van der Waals surface area contributed by atoms with Gasteiger partial charge in [0.2, 0.25) is 0 Å². The normalized spacial score (nSPS) is 23.1. The summed E-state index contributed by atoms with van der Waals surface area (Å²) >= 11 is 0. The van der Waals surface area contributed by atoms with E-state index in [0.29, 0.717) is 5.41 Å². The molecule has 0 amide bonds. The molecule has 2 rings (SSSR count). The predicted molar refractivity (Wildman–Crippen MR) is 82.1 cm³/mol. The minimum Gasteiger partial charge on any atom is -0.492 e. The number of aryl methyl sites for hydroxylation is 1. The van der Waals surface area contributed by atoms with E-state index < -0.39 is 0 Å². The fraction of sp³-hybridized carbons (Fsp3) is 0.600. The Kier molecular flexibility index (Phi) is 6.11. The van der Waals surface area contributed by atoms with E-state index in [9.17, 15) is 0 Å². The number of rotatable bonds is 5. The van der Waals surface area contributed by atoms with Gasteiger partial charge in [-0.05, 0) is 49.5 Å². The zero-order chi connectivity index (χ0) is 13.0. The van der Waals surface area contributed by atoms with Crippen LogP contribution in [0.3, 0.4) is 0 Å². The maximum atomic E-state index is 5.81. The first kappa shape index (κ1) is 16.3. The van der Waals surface area contributed by atoms with Gasteiger partial charge in [-0.25, -0.2) is 0 Å². The third-order valence-corrected chi connectivity index (χ3v) is 3.80. The SMILES string of the molecule is Cc1cccc(OCCN2CCC(C)(CN)C2)c1.Cl. The second-order valence-corrected chi connectivity index (χ2v) is 5.71. The smallest absolute Gasteiger partial charge is 0.119 e. The zero-order valence-corrected chi connectivity index (χ0v) is 12.7. The standard InChI is InChI=1S/C15H24N2O.ClH/c1-13-4-3-5-14(10-13)18-9-8-17-7-6-15(2,11-16)12-17;/h3-5,10H,6-9,11-12,16H2,1-2H3;1H. The summed E-state index contributed by atoms with van der Waals surface area (Å²) in [6.07, 6.45) is 1.20. The maximum absolute atomic E-state index is 5.81. The Morgan fingerprint density at radius 3 is 2.84 bits per heavy atom. The summed E-state index contributed by atoms with van der Waals surface area (Å²) in [6, 6.07) is 8.21. The minimum absolute atomic E-state index is 0. The number of likely N-dealkylation sites (tertiary alicyclic amines) is 1. The highest BCUT2D eigenvalue weighted by Gasteiger charge is 2.31. The highest BCUT2D eigenvalue weighted by Crippen LogP contribution is 2.28. The second-order valence-electron chi connectivity index (χ2n) is 5.71. The van der Waals surface area contributed by atoms with Crippen LogP contribution < -0.4 is 10.5 Å². The lowest BCUT2D eigenvalue weighted by molar-refractivity contribution is 0.219. The van der Waals surface area contributed by atoms with Gasteiger partial charge in [0.05, 0.1) is 0 Å². The molecule has 0 saturated carbocycles. The van der Waals surface area contributed by atoms with E-state index in [1.807, 2.05) is 12.1 Å². The molecule has 0 aromatic heterocycles. The number of nitrogens with two attached hydrogens (primary N) is 1. The van der Waals surface area contributed by atoms with Crippen LogP contribution in [0.5, 0.6) is 5.75 Å². The molecular formula is C15H25ClN2O. The highest BCUT2D eigenvalue weighted by molar-refractivity contribution is 5.85. The highest BCUT2D eigenvalue weighted by atomic mass is 35.5. The van der Waals surface area contributed by atoms with Gasteiger partial charge >= 0.3 is 0 Å². The molecule has 0 radical (unpaired) electrons. The number of hydrogen-bond donors (Lipinski definition) is 1. The van der Waals surface area contributed by atoms with Gasteiger partial charge in [0, 0.05) is 13.1 Å². The number of halogens is 1. The van der Waals surface area contributed by atoms with Gasteiger partial charge in [0.15, 0.2) is 0 Å². The third-order valence-electron chi connectivity index (χ3n) is 3.80. The van der Waals surface area contributed by atoms with Crippen LogP contribution in [-0.2, 0) is 0 Å². The Balaban J connectivity index is 0.00000180. The average Bonchev–Trinajstić information content (AvgIpc) is 2.72. The van der Waals surface area contributed by atoms with Crippen LogP contribution in [0.1, 0.15) is 18.9 Å². The van der Waals surface area contributed by atoms with Crippen LogP contribution in [-0.4, -0.2) is 37.7 Å². The first-order chi connectivity index (χ1) is 8.61. The molecule has 1 aromatic carbocycles. The average molecular weight is 285 g/mol. The molecule has 1 heterocycles. The van der Waals surface area contributed by atoms with Crippen molar-refractivity contribution < 1.29 is 4.74 Å². The Bertz CT molecular complexity index is 399. The largest absolute Gasteiger partial charge is 0.492 e. The molecule has 1 unspecified atom stereocenters. The first-order valence-electron chi connectivity index (χ1n) is 6.73.